The highest BCUT2D eigenvalue weighted by molar-refractivity contribution is 14.0. The molecule has 2 N–H and O–H groups in total. The van der Waals surface area contributed by atoms with Crippen molar-refractivity contribution in [3.05, 3.63) is 22.4 Å². The monoisotopic (exact) mass is 462 g/mol. The van der Waals surface area contributed by atoms with Gasteiger partial charge in [0, 0.05) is 20.1 Å². The number of aliphatic imine (C=N–C) groups is 1. The lowest BCUT2D eigenvalue weighted by atomic mass is 9.95. The number of hydrogen-bond donors (Lipinski definition) is 2. The van der Waals surface area contributed by atoms with E-state index in [9.17, 15) is 4.79 Å². The zero-order valence-corrected chi connectivity index (χ0v) is 17.5. The van der Waals surface area contributed by atoms with Crippen LogP contribution < -0.4 is 10.6 Å². The molecule has 2 saturated carbocycles. The smallest absolute Gasteiger partial charge is 0.241 e. The predicted octanol–water partition coefficient (Wildman–Crippen LogP) is 2.68. The van der Waals surface area contributed by atoms with E-state index in [2.05, 4.69) is 32.5 Å². The van der Waals surface area contributed by atoms with Crippen molar-refractivity contribution >= 4 is 47.2 Å². The Bertz CT molecular complexity index is 561. The fraction of sp³-hybridized carbons (Fsp3) is 0.647. The van der Waals surface area contributed by atoms with Crippen molar-refractivity contribution in [1.82, 2.24) is 15.5 Å². The molecule has 7 heteroatoms. The summed E-state index contributed by atoms with van der Waals surface area (Å²) in [6.45, 7) is 0.930. The quantitative estimate of drug-likeness (QED) is 0.402. The van der Waals surface area contributed by atoms with E-state index in [-0.39, 0.29) is 36.4 Å². The van der Waals surface area contributed by atoms with E-state index < -0.39 is 0 Å². The van der Waals surface area contributed by atoms with E-state index in [1.807, 2.05) is 0 Å². The van der Waals surface area contributed by atoms with Gasteiger partial charge in [-0.2, -0.15) is 11.3 Å². The summed E-state index contributed by atoms with van der Waals surface area (Å²) in [5.74, 6) is 2.49. The number of hydrogen-bond acceptors (Lipinski definition) is 3. The first-order chi connectivity index (χ1) is 11.1. The Morgan fingerprint density at radius 2 is 2.21 bits per heavy atom. The number of nitrogens with zero attached hydrogens (tertiary/aromatic N) is 2. The van der Waals surface area contributed by atoms with Crippen molar-refractivity contribution in [3.8, 4) is 0 Å². The number of guanidine groups is 1. The molecule has 1 heterocycles. The lowest BCUT2D eigenvalue weighted by molar-refractivity contribution is -0.127. The largest absolute Gasteiger partial charge is 0.353 e. The van der Waals surface area contributed by atoms with Crippen molar-refractivity contribution in [1.29, 1.82) is 0 Å². The molecule has 0 spiro atoms. The van der Waals surface area contributed by atoms with Gasteiger partial charge in [0.15, 0.2) is 5.96 Å². The topological polar surface area (TPSA) is 56.7 Å². The van der Waals surface area contributed by atoms with Crippen LogP contribution in [0, 0.1) is 11.8 Å². The maximum absolute atomic E-state index is 11.8. The number of amides is 1. The van der Waals surface area contributed by atoms with Crippen molar-refractivity contribution in [3.63, 3.8) is 0 Å². The number of carbonyl (C=O) groups excluding carboxylic acids is 1. The third-order valence-electron chi connectivity index (χ3n) is 4.97. The van der Waals surface area contributed by atoms with E-state index in [1.54, 1.807) is 30.3 Å². The van der Waals surface area contributed by atoms with Gasteiger partial charge in [-0.3, -0.25) is 4.79 Å². The van der Waals surface area contributed by atoms with Gasteiger partial charge in [-0.15, -0.1) is 24.0 Å². The number of likely N-dealkylation sites (N-methyl/N-ethyl adjacent to an activating group) is 1. The number of nitrogens with one attached hydrogen (secondary N) is 2. The highest BCUT2D eigenvalue weighted by atomic mass is 127. The summed E-state index contributed by atoms with van der Waals surface area (Å²) < 4.78 is 0. The summed E-state index contributed by atoms with van der Waals surface area (Å²) >= 11 is 1.69. The summed E-state index contributed by atoms with van der Waals surface area (Å²) in [5, 5.41) is 11.0. The van der Waals surface area contributed by atoms with Crippen molar-refractivity contribution < 1.29 is 4.79 Å². The first kappa shape index (κ1) is 19.5. The molecule has 3 rings (SSSR count). The summed E-state index contributed by atoms with van der Waals surface area (Å²) in [7, 11) is 3.55. The number of fused-ring (bicyclic) bond motifs is 2. The Morgan fingerprint density at radius 1 is 1.38 bits per heavy atom. The summed E-state index contributed by atoms with van der Waals surface area (Å²) in [5.41, 5.74) is 1.21. The van der Waals surface area contributed by atoms with Crippen LogP contribution in [-0.4, -0.2) is 43.4 Å². The predicted molar refractivity (Wildman–Crippen MR) is 110 cm³/mol. The third kappa shape index (κ3) is 5.08. The van der Waals surface area contributed by atoms with E-state index in [4.69, 9.17) is 0 Å². The molecule has 24 heavy (non-hydrogen) atoms. The minimum absolute atomic E-state index is 0. The van der Waals surface area contributed by atoms with Gasteiger partial charge in [-0.25, -0.2) is 4.99 Å². The molecule has 134 valence electrons. The van der Waals surface area contributed by atoms with Crippen molar-refractivity contribution in [2.75, 3.05) is 20.6 Å². The molecule has 5 nitrogen and oxygen atoms in total. The van der Waals surface area contributed by atoms with Crippen molar-refractivity contribution in [2.45, 2.75) is 38.3 Å². The Kier molecular flexibility index (Phi) is 7.34. The molecule has 1 aromatic heterocycles. The molecule has 0 radical (unpaired) electrons. The van der Waals surface area contributed by atoms with Crippen molar-refractivity contribution in [2.24, 2.45) is 16.8 Å². The lowest BCUT2D eigenvalue weighted by Gasteiger charge is -2.25. The van der Waals surface area contributed by atoms with Crippen LogP contribution in [0.3, 0.4) is 0 Å². The van der Waals surface area contributed by atoms with Crippen LogP contribution >= 0.6 is 35.3 Å². The van der Waals surface area contributed by atoms with E-state index >= 15 is 0 Å². The highest BCUT2D eigenvalue weighted by Gasteiger charge is 2.39. The number of carbonyl (C=O) groups is 1. The van der Waals surface area contributed by atoms with E-state index in [0.717, 1.165) is 17.8 Å². The Morgan fingerprint density at radius 3 is 2.79 bits per heavy atom. The molecule has 1 amide bonds. The average molecular weight is 462 g/mol. The van der Waals surface area contributed by atoms with Gasteiger partial charge < -0.3 is 15.5 Å². The second-order valence-corrected chi connectivity index (χ2v) is 7.64. The molecular weight excluding hydrogens is 435 g/mol. The fourth-order valence-corrected chi connectivity index (χ4v) is 4.28. The number of halogens is 1. The molecule has 0 aliphatic heterocycles. The standard InChI is InChI=1S/C17H26N4OS.HI/c1-21(2)16(22)10-19-17(18-9-13-5-6-23-11-13)20-15-8-12-3-4-14(15)7-12;/h5-6,11-12,14-15H,3-4,7-10H2,1-2H3,(H2,18,19,20);1H. The second-order valence-electron chi connectivity index (χ2n) is 6.86. The van der Waals surface area contributed by atoms with Gasteiger partial charge >= 0.3 is 0 Å². The van der Waals surface area contributed by atoms with Crippen LogP contribution in [0.4, 0.5) is 0 Å². The van der Waals surface area contributed by atoms with Gasteiger partial charge in [0.25, 0.3) is 0 Å². The SMILES string of the molecule is CN(C)C(=O)CNC(=NCc1ccsc1)NC1CC2CCC1C2.I. The molecule has 3 atom stereocenters. The van der Waals surface area contributed by atoms with Crippen LogP contribution in [0.5, 0.6) is 0 Å². The van der Waals surface area contributed by atoms with Crippen LogP contribution in [0.25, 0.3) is 0 Å². The minimum Gasteiger partial charge on any atom is -0.353 e. The molecular formula is C17H27IN4OS. The maximum atomic E-state index is 11.8. The van der Waals surface area contributed by atoms with Crippen LogP contribution in [-0.2, 0) is 11.3 Å². The molecule has 2 aliphatic rings. The molecule has 3 unspecified atom stereocenters. The summed E-state index contributed by atoms with van der Waals surface area (Å²) in [4.78, 5) is 18.1. The first-order valence-electron chi connectivity index (χ1n) is 8.38. The van der Waals surface area contributed by atoms with Crippen LogP contribution in [0.1, 0.15) is 31.2 Å². The molecule has 0 aromatic carbocycles. The van der Waals surface area contributed by atoms with E-state index in [1.165, 1.54) is 31.2 Å². The highest BCUT2D eigenvalue weighted by Crippen LogP contribution is 2.44. The van der Waals surface area contributed by atoms with E-state index in [0.29, 0.717) is 12.6 Å². The number of thiophene rings is 1. The van der Waals surface area contributed by atoms with Crippen LogP contribution in [0.2, 0.25) is 0 Å². The Balaban J connectivity index is 0.00000208. The minimum atomic E-state index is 0. The number of rotatable bonds is 5. The maximum Gasteiger partial charge on any atom is 0.241 e. The fourth-order valence-electron chi connectivity index (χ4n) is 3.62. The zero-order chi connectivity index (χ0) is 16.2. The van der Waals surface area contributed by atoms with Gasteiger partial charge in [0.05, 0.1) is 13.1 Å². The van der Waals surface area contributed by atoms with Gasteiger partial charge in [-0.1, -0.05) is 6.42 Å². The third-order valence-corrected chi connectivity index (χ3v) is 5.70. The second kappa shape index (κ2) is 9.03. The normalized spacial score (nSPS) is 25.2. The molecule has 2 bridgehead atoms. The molecule has 2 aliphatic carbocycles. The summed E-state index contributed by atoms with van der Waals surface area (Å²) in [6, 6.07) is 2.60. The zero-order valence-electron chi connectivity index (χ0n) is 14.3. The molecule has 0 saturated heterocycles. The Labute approximate surface area is 165 Å². The summed E-state index contributed by atoms with van der Waals surface area (Å²) in [6.07, 6.45) is 5.31. The Hall–Kier alpha value is -0.830. The van der Waals surface area contributed by atoms with Gasteiger partial charge in [0.2, 0.25) is 5.91 Å². The molecule has 1 aromatic rings. The molecule has 2 fully saturated rings. The average Bonchev–Trinajstić information content (AvgIpc) is 3.26. The first-order valence-corrected chi connectivity index (χ1v) is 9.32. The van der Waals surface area contributed by atoms with Gasteiger partial charge in [0.1, 0.15) is 0 Å². The van der Waals surface area contributed by atoms with Crippen LogP contribution in [0.15, 0.2) is 21.8 Å². The van der Waals surface area contributed by atoms with Gasteiger partial charge in [-0.05, 0) is 53.5 Å². The lowest BCUT2D eigenvalue weighted by Crippen LogP contribution is -2.48.